The van der Waals surface area contributed by atoms with Gasteiger partial charge in [0.25, 0.3) is 0 Å². The van der Waals surface area contributed by atoms with Crippen LogP contribution in [0.1, 0.15) is 51.2 Å². The highest BCUT2D eigenvalue weighted by atomic mass is 79.9. The Morgan fingerprint density at radius 3 is 2.61 bits per heavy atom. The zero-order valence-electron chi connectivity index (χ0n) is 10.7. The second-order valence-electron chi connectivity index (χ2n) is 4.54. The van der Waals surface area contributed by atoms with Crippen molar-refractivity contribution in [2.24, 2.45) is 5.92 Å². The van der Waals surface area contributed by atoms with Gasteiger partial charge in [-0.2, -0.15) is 0 Å². The molecule has 18 heavy (non-hydrogen) atoms. The van der Waals surface area contributed by atoms with Crippen LogP contribution < -0.4 is 0 Å². The lowest BCUT2D eigenvalue weighted by Gasteiger charge is -2.22. The Bertz CT molecular complexity index is 398. The summed E-state index contributed by atoms with van der Waals surface area (Å²) < 4.78 is 14.4. The van der Waals surface area contributed by atoms with Gasteiger partial charge in [0.05, 0.1) is 11.1 Å². The number of aliphatic hydroxyl groups excluding tert-OH is 1. The molecule has 1 N–H and O–H groups in total. The third kappa shape index (κ3) is 3.94. The van der Waals surface area contributed by atoms with Gasteiger partial charge in [-0.15, -0.1) is 0 Å². The Kier molecular flexibility index (Phi) is 6.61. The number of halogens is 3. The molecule has 1 aromatic carbocycles. The Morgan fingerprint density at radius 1 is 1.39 bits per heavy atom. The third-order valence-corrected chi connectivity index (χ3v) is 4.45. The fraction of sp³-hybridized carbons (Fsp3) is 0.571. The highest BCUT2D eigenvalue weighted by Crippen LogP contribution is 2.34. The molecule has 0 fully saturated rings. The molecule has 1 aromatic rings. The van der Waals surface area contributed by atoms with Gasteiger partial charge in [0, 0.05) is 10.0 Å². The van der Waals surface area contributed by atoms with E-state index in [9.17, 15) is 9.50 Å². The first-order valence-electron chi connectivity index (χ1n) is 6.33. The molecule has 0 bridgehead atoms. The van der Waals surface area contributed by atoms with Gasteiger partial charge in [0.2, 0.25) is 0 Å². The Hall–Kier alpha value is -0.120. The van der Waals surface area contributed by atoms with Crippen LogP contribution in [0, 0.1) is 11.7 Å². The van der Waals surface area contributed by atoms with Crippen LogP contribution in [0.25, 0.3) is 0 Å². The van der Waals surface area contributed by atoms with E-state index in [1.807, 2.05) is 6.92 Å². The molecule has 0 amide bonds. The largest absolute Gasteiger partial charge is 0.388 e. The minimum atomic E-state index is -0.785. The first-order chi connectivity index (χ1) is 8.51. The molecule has 0 aromatic heterocycles. The highest BCUT2D eigenvalue weighted by Gasteiger charge is 2.22. The quantitative estimate of drug-likeness (QED) is 0.680. The number of unbranched alkanes of at least 4 members (excludes halogenated alkanes) is 1. The fourth-order valence-corrected chi connectivity index (χ4v) is 2.56. The molecule has 0 spiro atoms. The van der Waals surface area contributed by atoms with Gasteiger partial charge < -0.3 is 5.11 Å². The van der Waals surface area contributed by atoms with E-state index < -0.39 is 11.9 Å². The van der Waals surface area contributed by atoms with Gasteiger partial charge >= 0.3 is 0 Å². The zero-order valence-corrected chi connectivity index (χ0v) is 13.1. The molecule has 0 radical (unpaired) electrons. The summed E-state index contributed by atoms with van der Waals surface area (Å²) in [4.78, 5) is 0. The molecule has 0 heterocycles. The maximum atomic E-state index is 13.9. The van der Waals surface area contributed by atoms with E-state index in [1.165, 1.54) is 12.1 Å². The van der Waals surface area contributed by atoms with E-state index in [4.69, 9.17) is 11.6 Å². The summed E-state index contributed by atoms with van der Waals surface area (Å²) in [5, 5.41) is 10.7. The van der Waals surface area contributed by atoms with Crippen LogP contribution in [-0.4, -0.2) is 5.11 Å². The van der Waals surface area contributed by atoms with E-state index in [0.29, 0.717) is 15.1 Å². The molecule has 0 aliphatic carbocycles. The van der Waals surface area contributed by atoms with Crippen molar-refractivity contribution in [3.63, 3.8) is 0 Å². The Labute approximate surface area is 121 Å². The normalized spacial score (nSPS) is 14.6. The standard InChI is InChI=1S/C14H19BrClFO/c1-3-5-6-9(4-2)14(18)10-7-12(16)11(15)8-13(10)17/h7-9,14,18H,3-6H2,1-2H3. The molecule has 0 saturated heterocycles. The second kappa shape index (κ2) is 7.46. The lowest BCUT2D eigenvalue weighted by atomic mass is 9.89. The maximum absolute atomic E-state index is 13.9. The van der Waals surface area contributed by atoms with Crippen LogP contribution in [0.3, 0.4) is 0 Å². The molecule has 4 heteroatoms. The van der Waals surface area contributed by atoms with Crippen molar-refractivity contribution in [1.29, 1.82) is 0 Å². The molecule has 102 valence electrons. The molecule has 2 unspecified atom stereocenters. The van der Waals surface area contributed by atoms with Gasteiger partial charge in [0.15, 0.2) is 0 Å². The molecular formula is C14H19BrClFO. The molecule has 1 rings (SSSR count). The van der Waals surface area contributed by atoms with Crippen molar-refractivity contribution in [3.8, 4) is 0 Å². The van der Waals surface area contributed by atoms with Gasteiger partial charge in [0.1, 0.15) is 5.82 Å². The summed E-state index contributed by atoms with van der Waals surface area (Å²) in [5.74, 6) is -0.328. The topological polar surface area (TPSA) is 20.2 Å². The minimum absolute atomic E-state index is 0.0803. The van der Waals surface area contributed by atoms with Crippen molar-refractivity contribution in [2.45, 2.75) is 45.6 Å². The van der Waals surface area contributed by atoms with Crippen LogP contribution in [0.4, 0.5) is 4.39 Å². The SMILES string of the molecule is CCCCC(CC)C(O)c1cc(Cl)c(Br)cc1F. The summed E-state index contributed by atoms with van der Waals surface area (Å²) in [7, 11) is 0. The van der Waals surface area contributed by atoms with Crippen LogP contribution in [0.2, 0.25) is 5.02 Å². The summed E-state index contributed by atoms with van der Waals surface area (Å²) in [6.07, 6.45) is 3.07. The van der Waals surface area contributed by atoms with Crippen molar-refractivity contribution in [2.75, 3.05) is 0 Å². The molecule has 0 saturated carbocycles. The summed E-state index contributed by atoms with van der Waals surface area (Å²) in [6.45, 7) is 4.12. The molecular weight excluding hydrogens is 319 g/mol. The predicted octanol–water partition coefficient (Wildman–Crippen LogP) is 5.49. The summed E-state index contributed by atoms with van der Waals surface area (Å²) in [5.41, 5.74) is 0.297. The number of aliphatic hydroxyl groups is 1. The van der Waals surface area contributed by atoms with E-state index in [-0.39, 0.29) is 5.92 Å². The number of rotatable bonds is 6. The summed E-state index contributed by atoms with van der Waals surface area (Å²) >= 11 is 9.13. The minimum Gasteiger partial charge on any atom is -0.388 e. The average Bonchev–Trinajstić information content (AvgIpc) is 2.34. The van der Waals surface area contributed by atoms with Crippen LogP contribution in [-0.2, 0) is 0 Å². The van der Waals surface area contributed by atoms with Crippen molar-refractivity contribution in [1.82, 2.24) is 0 Å². The number of hydrogen-bond acceptors (Lipinski definition) is 1. The number of benzene rings is 1. The smallest absolute Gasteiger partial charge is 0.130 e. The van der Waals surface area contributed by atoms with Crippen molar-refractivity contribution in [3.05, 3.63) is 33.0 Å². The fourth-order valence-electron chi connectivity index (χ4n) is 2.07. The zero-order chi connectivity index (χ0) is 13.7. The first kappa shape index (κ1) is 15.9. The van der Waals surface area contributed by atoms with E-state index in [1.54, 1.807) is 0 Å². The Balaban J connectivity index is 2.94. The average molecular weight is 338 g/mol. The molecule has 0 aliphatic heterocycles. The van der Waals surface area contributed by atoms with Gasteiger partial charge in [-0.05, 0) is 40.4 Å². The molecule has 2 atom stereocenters. The molecule has 1 nitrogen and oxygen atoms in total. The van der Waals surface area contributed by atoms with Crippen molar-refractivity contribution < 1.29 is 9.50 Å². The van der Waals surface area contributed by atoms with E-state index in [2.05, 4.69) is 22.9 Å². The van der Waals surface area contributed by atoms with Gasteiger partial charge in [-0.25, -0.2) is 4.39 Å². The first-order valence-corrected chi connectivity index (χ1v) is 7.50. The molecule has 0 aliphatic rings. The van der Waals surface area contributed by atoms with Gasteiger partial charge in [-0.1, -0.05) is 44.7 Å². The Morgan fingerprint density at radius 2 is 2.06 bits per heavy atom. The number of hydrogen-bond donors (Lipinski definition) is 1. The summed E-state index contributed by atoms with van der Waals surface area (Å²) in [6, 6.07) is 2.83. The monoisotopic (exact) mass is 336 g/mol. The van der Waals surface area contributed by atoms with Gasteiger partial charge in [-0.3, -0.25) is 0 Å². The van der Waals surface area contributed by atoms with Crippen LogP contribution >= 0.6 is 27.5 Å². The second-order valence-corrected chi connectivity index (χ2v) is 5.80. The predicted molar refractivity (Wildman–Crippen MR) is 77.4 cm³/mol. The third-order valence-electron chi connectivity index (χ3n) is 3.26. The van der Waals surface area contributed by atoms with Crippen LogP contribution in [0.15, 0.2) is 16.6 Å². The van der Waals surface area contributed by atoms with E-state index >= 15 is 0 Å². The maximum Gasteiger partial charge on any atom is 0.130 e. The van der Waals surface area contributed by atoms with E-state index in [0.717, 1.165) is 25.7 Å². The lowest BCUT2D eigenvalue weighted by Crippen LogP contribution is -2.13. The van der Waals surface area contributed by atoms with Crippen molar-refractivity contribution >= 4 is 27.5 Å². The highest BCUT2D eigenvalue weighted by molar-refractivity contribution is 9.10. The van der Waals surface area contributed by atoms with Crippen LogP contribution in [0.5, 0.6) is 0 Å². The lowest BCUT2D eigenvalue weighted by molar-refractivity contribution is 0.0954.